The molecule has 50 heavy (non-hydrogen) atoms. The molecule has 0 aromatic carbocycles. The Kier molecular flexibility index (Phi) is 32.7. The number of nitrogens with two attached hydrogens (primary N) is 1. The van der Waals surface area contributed by atoms with Gasteiger partial charge in [-0.05, 0) is 44.9 Å². The number of hydrogen-bond donors (Lipinski definition) is 3. The Morgan fingerprint density at radius 2 is 1.06 bits per heavy atom. The van der Waals surface area contributed by atoms with Crippen molar-refractivity contribution in [3.8, 4) is 0 Å². The summed E-state index contributed by atoms with van der Waals surface area (Å²) >= 11 is 0. The topological polar surface area (TPSA) is 172 Å². The summed E-state index contributed by atoms with van der Waals surface area (Å²) in [4.78, 5) is 45.7. The van der Waals surface area contributed by atoms with Crippen LogP contribution in [0.4, 0.5) is 0 Å². The van der Waals surface area contributed by atoms with Crippen molar-refractivity contribution in [2.24, 2.45) is 5.73 Å². The molecule has 0 aromatic rings. The number of ether oxygens (including phenoxy) is 2. The molecule has 0 fully saturated rings. The van der Waals surface area contributed by atoms with Gasteiger partial charge in [0.05, 0.1) is 13.2 Å². The molecule has 0 saturated carbocycles. The van der Waals surface area contributed by atoms with E-state index in [1.807, 2.05) is 0 Å². The molecular weight excluding hydrogens is 661 g/mol. The van der Waals surface area contributed by atoms with E-state index in [-0.39, 0.29) is 19.4 Å². The molecule has 0 amide bonds. The number of esters is 2. The van der Waals surface area contributed by atoms with E-state index in [0.717, 1.165) is 51.4 Å². The number of unbranched alkanes of at least 4 members (excludes halogenated alkanes) is 18. The minimum Gasteiger partial charge on any atom is -0.480 e. The Morgan fingerprint density at radius 1 is 0.620 bits per heavy atom. The van der Waals surface area contributed by atoms with E-state index in [1.54, 1.807) is 0 Å². The molecule has 4 N–H and O–H groups in total. The van der Waals surface area contributed by atoms with Gasteiger partial charge in [-0.2, -0.15) is 0 Å². The fraction of sp³-hybridized carbons (Fsp3) is 0.816. The van der Waals surface area contributed by atoms with Gasteiger partial charge in [0, 0.05) is 12.8 Å². The van der Waals surface area contributed by atoms with Crippen LogP contribution in [0.15, 0.2) is 24.3 Å². The number of allylic oxidation sites excluding steroid dienone is 4. The Bertz CT molecular complexity index is 958. The molecule has 11 nitrogen and oxygen atoms in total. The second-order valence-electron chi connectivity index (χ2n) is 13.1. The van der Waals surface area contributed by atoms with Crippen LogP contribution in [0.25, 0.3) is 0 Å². The quantitative estimate of drug-likeness (QED) is 0.0242. The molecule has 0 heterocycles. The van der Waals surface area contributed by atoms with E-state index in [1.165, 1.54) is 77.0 Å². The predicted octanol–water partition coefficient (Wildman–Crippen LogP) is 9.50. The second-order valence-corrected chi connectivity index (χ2v) is 14.5. The van der Waals surface area contributed by atoms with E-state index < -0.39 is 51.1 Å². The predicted molar refractivity (Wildman–Crippen MR) is 199 cm³/mol. The smallest absolute Gasteiger partial charge is 0.472 e. The molecular formula is C38H70NO10P. The highest BCUT2D eigenvalue weighted by Gasteiger charge is 2.28. The van der Waals surface area contributed by atoms with Crippen molar-refractivity contribution in [3.05, 3.63) is 24.3 Å². The average molecular weight is 732 g/mol. The van der Waals surface area contributed by atoms with Gasteiger partial charge in [-0.3, -0.25) is 23.4 Å². The summed E-state index contributed by atoms with van der Waals surface area (Å²) in [6.45, 7) is 2.73. The van der Waals surface area contributed by atoms with Crippen LogP contribution in [-0.2, 0) is 37.5 Å². The first-order valence-corrected chi connectivity index (χ1v) is 20.9. The number of carboxylic acids is 1. The van der Waals surface area contributed by atoms with E-state index in [4.69, 9.17) is 24.8 Å². The molecule has 1 unspecified atom stereocenters. The van der Waals surface area contributed by atoms with Gasteiger partial charge in [-0.1, -0.05) is 134 Å². The average Bonchev–Trinajstić information content (AvgIpc) is 3.09. The van der Waals surface area contributed by atoms with E-state index in [0.29, 0.717) is 12.8 Å². The van der Waals surface area contributed by atoms with Crippen LogP contribution in [0.5, 0.6) is 0 Å². The standard InChI is InChI=1S/C38H70NO10P/c1-3-5-7-9-11-13-14-15-16-17-18-19-20-22-23-25-27-29-36(40)46-31-34(32-47-50(44,45)48-33-35(39)38(42)43)49-37(41)30-28-26-24-21-12-10-8-6-4-2/h11,13,15-16,34-35H,3-10,12,14,17-33,39H2,1-2H3,(H,42,43)(H,44,45)/b13-11-,16-15-/t34-,35+/m1/s1. The number of phosphoric acid groups is 1. The molecule has 0 rings (SSSR count). The van der Waals surface area contributed by atoms with Crippen molar-refractivity contribution in [2.45, 2.75) is 180 Å². The van der Waals surface area contributed by atoms with Crippen LogP contribution in [0, 0.1) is 0 Å². The van der Waals surface area contributed by atoms with Gasteiger partial charge >= 0.3 is 25.7 Å². The van der Waals surface area contributed by atoms with Gasteiger partial charge in [0.15, 0.2) is 6.10 Å². The number of carbonyl (C=O) groups excluding carboxylic acids is 2. The second kappa shape index (κ2) is 34.1. The third-order valence-electron chi connectivity index (χ3n) is 8.20. The van der Waals surface area contributed by atoms with Crippen molar-refractivity contribution in [3.63, 3.8) is 0 Å². The zero-order valence-corrected chi connectivity index (χ0v) is 32.1. The molecule has 0 radical (unpaired) electrons. The number of carboxylic acid groups (broad SMARTS) is 1. The number of phosphoric ester groups is 1. The molecule has 0 aliphatic heterocycles. The monoisotopic (exact) mass is 731 g/mol. The molecule has 0 spiro atoms. The van der Waals surface area contributed by atoms with Crippen molar-refractivity contribution >= 4 is 25.7 Å². The number of aliphatic carboxylic acids is 1. The van der Waals surface area contributed by atoms with Crippen molar-refractivity contribution in [1.29, 1.82) is 0 Å². The SMILES string of the molecule is CCCCC/C=C\C/C=C\CCCCCCCCCC(=O)OC[C@H](COP(=O)(O)OC[C@H](N)C(=O)O)OC(=O)CCCCCCCCCCC. The summed E-state index contributed by atoms with van der Waals surface area (Å²) < 4.78 is 32.5. The maximum absolute atomic E-state index is 12.5. The summed E-state index contributed by atoms with van der Waals surface area (Å²) in [5.41, 5.74) is 5.31. The van der Waals surface area contributed by atoms with Crippen LogP contribution in [0.1, 0.15) is 168 Å². The highest BCUT2D eigenvalue weighted by Crippen LogP contribution is 2.43. The molecule has 12 heteroatoms. The maximum atomic E-state index is 12.5. The zero-order chi connectivity index (χ0) is 37.1. The molecule has 0 aromatic heterocycles. The van der Waals surface area contributed by atoms with Crippen molar-refractivity contribution in [2.75, 3.05) is 19.8 Å². The molecule has 0 saturated heterocycles. The molecule has 3 atom stereocenters. The molecule has 0 aliphatic rings. The van der Waals surface area contributed by atoms with E-state index in [9.17, 15) is 23.8 Å². The first-order valence-electron chi connectivity index (χ1n) is 19.4. The Labute approximate surface area is 302 Å². The van der Waals surface area contributed by atoms with Crippen molar-refractivity contribution in [1.82, 2.24) is 0 Å². The van der Waals surface area contributed by atoms with E-state index >= 15 is 0 Å². The fourth-order valence-electron chi connectivity index (χ4n) is 5.09. The first kappa shape index (κ1) is 48.0. The fourth-order valence-corrected chi connectivity index (χ4v) is 5.87. The van der Waals surface area contributed by atoms with Crippen LogP contribution in [-0.4, -0.2) is 59.9 Å². The van der Waals surface area contributed by atoms with Gasteiger partial charge in [0.25, 0.3) is 0 Å². The molecule has 0 aliphatic carbocycles. The van der Waals surface area contributed by atoms with Gasteiger partial charge in [-0.25, -0.2) is 4.57 Å². The van der Waals surface area contributed by atoms with Crippen LogP contribution >= 0.6 is 7.82 Å². The van der Waals surface area contributed by atoms with Crippen molar-refractivity contribution < 1.29 is 47.5 Å². The minimum absolute atomic E-state index is 0.161. The summed E-state index contributed by atoms with van der Waals surface area (Å²) in [7, 11) is -4.70. The lowest BCUT2D eigenvalue weighted by molar-refractivity contribution is -0.161. The van der Waals surface area contributed by atoms with Gasteiger partial charge in [0.1, 0.15) is 12.6 Å². The summed E-state index contributed by atoms with van der Waals surface area (Å²) in [6, 6.07) is -1.52. The summed E-state index contributed by atoms with van der Waals surface area (Å²) in [5.74, 6) is -2.39. The lowest BCUT2D eigenvalue weighted by atomic mass is 10.1. The Balaban J connectivity index is 4.36. The van der Waals surface area contributed by atoms with Crippen LogP contribution < -0.4 is 5.73 Å². The van der Waals surface area contributed by atoms with E-state index in [2.05, 4.69) is 42.7 Å². The van der Waals surface area contributed by atoms with Gasteiger partial charge in [0.2, 0.25) is 0 Å². The number of rotatable bonds is 36. The lowest BCUT2D eigenvalue weighted by Crippen LogP contribution is -2.34. The third kappa shape index (κ3) is 33.1. The Hall–Kier alpha value is -2.04. The normalized spacial score (nSPS) is 14.2. The van der Waals surface area contributed by atoms with Gasteiger partial charge < -0.3 is 25.2 Å². The molecule has 292 valence electrons. The highest BCUT2D eigenvalue weighted by atomic mass is 31.2. The zero-order valence-electron chi connectivity index (χ0n) is 31.2. The molecule has 0 bridgehead atoms. The number of carbonyl (C=O) groups is 3. The summed E-state index contributed by atoms with van der Waals surface area (Å²) in [5, 5.41) is 8.85. The van der Waals surface area contributed by atoms with Gasteiger partial charge in [-0.15, -0.1) is 0 Å². The first-order chi connectivity index (χ1) is 24.1. The lowest BCUT2D eigenvalue weighted by Gasteiger charge is -2.20. The van der Waals surface area contributed by atoms with Crippen LogP contribution in [0.2, 0.25) is 0 Å². The highest BCUT2D eigenvalue weighted by molar-refractivity contribution is 7.47. The van der Waals surface area contributed by atoms with Crippen LogP contribution in [0.3, 0.4) is 0 Å². The number of hydrogen-bond acceptors (Lipinski definition) is 9. The summed E-state index contributed by atoms with van der Waals surface area (Å²) in [6.07, 6.45) is 32.5. The third-order valence-corrected chi connectivity index (χ3v) is 9.15. The minimum atomic E-state index is -4.70. The maximum Gasteiger partial charge on any atom is 0.472 e. The largest absolute Gasteiger partial charge is 0.480 e. The Morgan fingerprint density at radius 3 is 1.60 bits per heavy atom.